The molecule has 0 amide bonds. The SMILES string of the molecule is COC(=O)[C@@H]1[C@@H]2C=C[C@@]3(COC(=O)[C@@H]13)O2. The molecule has 0 radical (unpaired) electrons. The first-order valence-corrected chi connectivity index (χ1v) is 4.79. The summed E-state index contributed by atoms with van der Waals surface area (Å²) < 4.78 is 15.3. The fraction of sp³-hybridized carbons (Fsp3) is 0.600. The monoisotopic (exact) mass is 210 g/mol. The van der Waals surface area contributed by atoms with E-state index in [4.69, 9.17) is 9.47 Å². The third-order valence-electron chi connectivity index (χ3n) is 3.33. The topological polar surface area (TPSA) is 61.8 Å². The molecule has 3 aliphatic heterocycles. The minimum absolute atomic E-state index is 0.205. The first-order valence-electron chi connectivity index (χ1n) is 4.79. The van der Waals surface area contributed by atoms with Crippen molar-refractivity contribution >= 4 is 11.9 Å². The summed E-state index contributed by atoms with van der Waals surface area (Å²) in [6.45, 7) is 0.205. The number of hydrogen-bond donors (Lipinski definition) is 0. The van der Waals surface area contributed by atoms with Crippen LogP contribution in [-0.4, -0.2) is 37.4 Å². The lowest BCUT2D eigenvalue weighted by Gasteiger charge is -2.20. The van der Waals surface area contributed by atoms with Crippen LogP contribution < -0.4 is 0 Å². The molecule has 1 spiro atoms. The van der Waals surface area contributed by atoms with E-state index in [9.17, 15) is 9.59 Å². The predicted molar refractivity (Wildman–Crippen MR) is 46.7 cm³/mol. The maximum Gasteiger partial charge on any atom is 0.313 e. The van der Waals surface area contributed by atoms with Gasteiger partial charge in [-0.25, -0.2) is 0 Å². The van der Waals surface area contributed by atoms with E-state index in [1.54, 1.807) is 6.08 Å². The number of carbonyl (C=O) groups is 2. The fourth-order valence-corrected chi connectivity index (χ4v) is 2.65. The van der Waals surface area contributed by atoms with Crippen LogP contribution >= 0.6 is 0 Å². The zero-order chi connectivity index (χ0) is 10.6. The second-order valence-corrected chi connectivity index (χ2v) is 4.03. The van der Waals surface area contributed by atoms with E-state index < -0.39 is 23.4 Å². The van der Waals surface area contributed by atoms with E-state index in [1.807, 2.05) is 6.08 Å². The lowest BCUT2D eigenvalue weighted by Crippen LogP contribution is -2.39. The molecule has 3 aliphatic rings. The van der Waals surface area contributed by atoms with Crippen molar-refractivity contribution in [2.24, 2.45) is 11.8 Å². The lowest BCUT2D eigenvalue weighted by molar-refractivity contribution is -0.154. The molecule has 0 aliphatic carbocycles. The summed E-state index contributed by atoms with van der Waals surface area (Å²) in [5, 5.41) is 0. The molecule has 3 rings (SSSR count). The van der Waals surface area contributed by atoms with Gasteiger partial charge in [-0.05, 0) is 6.08 Å². The second kappa shape index (κ2) is 2.61. The molecule has 0 unspecified atom stereocenters. The van der Waals surface area contributed by atoms with Crippen LogP contribution in [0.25, 0.3) is 0 Å². The highest BCUT2D eigenvalue weighted by molar-refractivity contribution is 5.87. The molecule has 0 aromatic carbocycles. The number of rotatable bonds is 1. The van der Waals surface area contributed by atoms with Crippen molar-refractivity contribution in [3.05, 3.63) is 12.2 Å². The fourth-order valence-electron chi connectivity index (χ4n) is 2.65. The number of fused-ring (bicyclic) bond motifs is 1. The molecular formula is C10H10O5. The molecule has 2 bridgehead atoms. The molecule has 4 atom stereocenters. The average Bonchev–Trinajstić information content (AvgIpc) is 2.88. The highest BCUT2D eigenvalue weighted by Gasteiger charge is 2.66. The van der Waals surface area contributed by atoms with Crippen molar-refractivity contribution in [3.63, 3.8) is 0 Å². The number of ether oxygens (including phenoxy) is 3. The van der Waals surface area contributed by atoms with Gasteiger partial charge >= 0.3 is 11.9 Å². The molecule has 0 aromatic rings. The Kier molecular flexibility index (Phi) is 1.55. The summed E-state index contributed by atoms with van der Waals surface area (Å²) >= 11 is 0. The van der Waals surface area contributed by atoms with Gasteiger partial charge in [-0.15, -0.1) is 0 Å². The minimum Gasteiger partial charge on any atom is -0.469 e. The van der Waals surface area contributed by atoms with Gasteiger partial charge in [0.25, 0.3) is 0 Å². The van der Waals surface area contributed by atoms with E-state index in [2.05, 4.69) is 4.74 Å². The number of carbonyl (C=O) groups excluding carboxylic acids is 2. The van der Waals surface area contributed by atoms with Crippen molar-refractivity contribution in [1.82, 2.24) is 0 Å². The summed E-state index contributed by atoms with van der Waals surface area (Å²) in [5.74, 6) is -1.85. The third kappa shape index (κ3) is 0.911. The standard InChI is InChI=1S/C10H10O5/c1-13-8(11)6-5-2-3-10(15-5)4-14-9(12)7(6)10/h2-3,5-7H,4H2,1H3/t5-,6+,7+,10-/m0/s1. The highest BCUT2D eigenvalue weighted by atomic mass is 16.6. The first-order chi connectivity index (χ1) is 7.18. The first kappa shape index (κ1) is 8.91. The zero-order valence-corrected chi connectivity index (χ0v) is 8.14. The van der Waals surface area contributed by atoms with Crippen LogP contribution in [0.15, 0.2) is 12.2 Å². The maximum atomic E-state index is 11.5. The normalized spacial score (nSPS) is 45.4. The molecule has 2 saturated heterocycles. The summed E-state index contributed by atoms with van der Waals surface area (Å²) in [6.07, 6.45) is 3.29. The van der Waals surface area contributed by atoms with Gasteiger partial charge < -0.3 is 14.2 Å². The molecule has 3 heterocycles. The van der Waals surface area contributed by atoms with E-state index in [0.29, 0.717) is 0 Å². The summed E-state index contributed by atoms with van der Waals surface area (Å²) in [5.41, 5.74) is -0.708. The van der Waals surface area contributed by atoms with Crippen molar-refractivity contribution in [2.45, 2.75) is 11.7 Å². The van der Waals surface area contributed by atoms with Crippen molar-refractivity contribution in [1.29, 1.82) is 0 Å². The van der Waals surface area contributed by atoms with Gasteiger partial charge in [0.1, 0.15) is 24.0 Å². The summed E-state index contributed by atoms with van der Waals surface area (Å²) in [6, 6.07) is 0. The number of cyclic esters (lactones) is 1. The molecule has 0 aromatic heterocycles. The van der Waals surface area contributed by atoms with Crippen LogP contribution in [0.1, 0.15) is 0 Å². The Morgan fingerprint density at radius 3 is 3.20 bits per heavy atom. The van der Waals surface area contributed by atoms with Crippen LogP contribution in [0.4, 0.5) is 0 Å². The molecule has 2 fully saturated rings. The van der Waals surface area contributed by atoms with Gasteiger partial charge in [0.2, 0.25) is 0 Å². The smallest absolute Gasteiger partial charge is 0.313 e. The van der Waals surface area contributed by atoms with Crippen LogP contribution in [-0.2, 0) is 23.8 Å². The minimum atomic E-state index is -0.708. The number of esters is 2. The van der Waals surface area contributed by atoms with Crippen molar-refractivity contribution in [3.8, 4) is 0 Å². The van der Waals surface area contributed by atoms with Crippen LogP contribution in [0.2, 0.25) is 0 Å². The molecule has 15 heavy (non-hydrogen) atoms. The lowest BCUT2D eigenvalue weighted by atomic mass is 9.77. The molecule has 5 nitrogen and oxygen atoms in total. The second-order valence-electron chi connectivity index (χ2n) is 4.03. The molecule has 0 N–H and O–H groups in total. The van der Waals surface area contributed by atoms with Gasteiger partial charge in [0.05, 0.1) is 13.2 Å². The molecule has 0 saturated carbocycles. The average molecular weight is 210 g/mol. The van der Waals surface area contributed by atoms with Gasteiger partial charge in [-0.3, -0.25) is 9.59 Å². The van der Waals surface area contributed by atoms with E-state index in [1.165, 1.54) is 7.11 Å². The largest absolute Gasteiger partial charge is 0.469 e. The van der Waals surface area contributed by atoms with Gasteiger partial charge in [0, 0.05) is 0 Å². The predicted octanol–water partition coefficient (Wildman–Crippen LogP) is -0.344. The van der Waals surface area contributed by atoms with Gasteiger partial charge in [-0.1, -0.05) is 6.08 Å². The Balaban J connectivity index is 2.02. The molecular weight excluding hydrogens is 200 g/mol. The van der Waals surface area contributed by atoms with E-state index in [0.717, 1.165) is 0 Å². The summed E-state index contributed by atoms with van der Waals surface area (Å²) in [7, 11) is 1.31. The zero-order valence-electron chi connectivity index (χ0n) is 8.14. The van der Waals surface area contributed by atoms with Crippen molar-refractivity contribution < 1.29 is 23.8 Å². The summed E-state index contributed by atoms with van der Waals surface area (Å²) in [4.78, 5) is 23.1. The van der Waals surface area contributed by atoms with E-state index in [-0.39, 0.29) is 18.7 Å². The number of hydrogen-bond acceptors (Lipinski definition) is 5. The molecule has 80 valence electrons. The Morgan fingerprint density at radius 1 is 1.67 bits per heavy atom. The third-order valence-corrected chi connectivity index (χ3v) is 3.33. The Bertz CT molecular complexity index is 374. The van der Waals surface area contributed by atoms with Gasteiger partial charge in [0.15, 0.2) is 0 Å². The maximum absolute atomic E-state index is 11.5. The van der Waals surface area contributed by atoms with Crippen molar-refractivity contribution in [2.75, 3.05) is 13.7 Å². The highest BCUT2D eigenvalue weighted by Crippen LogP contribution is 2.51. The number of methoxy groups -OCH3 is 1. The van der Waals surface area contributed by atoms with Gasteiger partial charge in [-0.2, -0.15) is 0 Å². The Labute approximate surface area is 86.0 Å². The van der Waals surface area contributed by atoms with Crippen LogP contribution in [0, 0.1) is 11.8 Å². The van der Waals surface area contributed by atoms with Crippen LogP contribution in [0.5, 0.6) is 0 Å². The van der Waals surface area contributed by atoms with Crippen LogP contribution in [0.3, 0.4) is 0 Å². The van der Waals surface area contributed by atoms with E-state index >= 15 is 0 Å². The quantitative estimate of drug-likeness (QED) is 0.437. The Morgan fingerprint density at radius 2 is 2.47 bits per heavy atom. The Hall–Kier alpha value is -1.36. The molecule has 5 heteroatoms.